The lowest BCUT2D eigenvalue weighted by atomic mass is 10.2. The molecule has 0 saturated carbocycles. The van der Waals surface area contributed by atoms with Crippen LogP contribution in [0.3, 0.4) is 0 Å². The molecule has 0 fully saturated rings. The van der Waals surface area contributed by atoms with E-state index in [0.29, 0.717) is 11.3 Å². The third kappa shape index (κ3) is 2.23. The summed E-state index contributed by atoms with van der Waals surface area (Å²) in [7, 11) is 0. The Bertz CT molecular complexity index is 349. The maximum Gasteiger partial charge on any atom is 0.352 e. The van der Waals surface area contributed by atoms with Gasteiger partial charge in [0.25, 0.3) is 0 Å². The molecule has 1 amide bonds. The molecule has 4 nitrogen and oxygen atoms in total. The number of thioether (sulfide) groups is 1. The van der Waals surface area contributed by atoms with Crippen molar-refractivity contribution in [3.8, 4) is 0 Å². The first-order valence-electron chi connectivity index (χ1n) is 4.49. The predicted octanol–water partition coefficient (Wildman–Crippen LogP) is 1.45. The van der Waals surface area contributed by atoms with Gasteiger partial charge < -0.3 is 5.11 Å². The molecule has 0 aliphatic carbocycles. The van der Waals surface area contributed by atoms with E-state index in [1.54, 1.807) is 0 Å². The van der Waals surface area contributed by atoms with Crippen LogP contribution < -0.4 is 0 Å². The van der Waals surface area contributed by atoms with Gasteiger partial charge in [-0.15, -0.1) is 11.8 Å². The molecule has 0 aromatic rings. The molecule has 15 heavy (non-hydrogen) atoms. The van der Waals surface area contributed by atoms with Gasteiger partial charge >= 0.3 is 5.97 Å². The molecule has 1 aliphatic rings. The fourth-order valence-electron chi connectivity index (χ4n) is 1.50. The molecule has 0 aromatic heterocycles. The van der Waals surface area contributed by atoms with Crippen LogP contribution in [-0.4, -0.2) is 33.0 Å². The van der Waals surface area contributed by atoms with Crippen LogP contribution in [0.15, 0.2) is 23.9 Å². The molecule has 1 atom stereocenters. The first-order valence-corrected chi connectivity index (χ1v) is 5.54. The van der Waals surface area contributed by atoms with E-state index in [9.17, 15) is 9.59 Å². The molecule has 1 N–H and O–H groups in total. The third-order valence-electron chi connectivity index (χ3n) is 2.18. The lowest BCUT2D eigenvalue weighted by Gasteiger charge is -2.33. The van der Waals surface area contributed by atoms with E-state index >= 15 is 0 Å². The summed E-state index contributed by atoms with van der Waals surface area (Å²) in [6.45, 7) is 6.74. The monoisotopic (exact) mass is 227 g/mol. The Morgan fingerprint density at radius 3 is 2.67 bits per heavy atom. The Balaban J connectivity index is 3.24. The molecular formula is C10H13NO3S. The van der Waals surface area contributed by atoms with E-state index in [1.807, 2.05) is 6.92 Å². The number of amides is 1. The van der Waals surface area contributed by atoms with Crippen molar-refractivity contribution in [2.75, 3.05) is 5.75 Å². The van der Waals surface area contributed by atoms with Crippen LogP contribution in [0.2, 0.25) is 0 Å². The summed E-state index contributed by atoms with van der Waals surface area (Å²) in [4.78, 5) is 23.7. The Morgan fingerprint density at radius 1 is 1.67 bits per heavy atom. The largest absolute Gasteiger partial charge is 0.477 e. The first-order chi connectivity index (χ1) is 6.99. The van der Waals surface area contributed by atoms with E-state index in [4.69, 9.17) is 5.11 Å². The number of allylic oxidation sites excluding steroid dienone is 1. The van der Waals surface area contributed by atoms with Crippen molar-refractivity contribution in [3.05, 3.63) is 23.9 Å². The Morgan fingerprint density at radius 2 is 2.27 bits per heavy atom. The van der Waals surface area contributed by atoms with Gasteiger partial charge in [0.1, 0.15) is 5.70 Å². The number of hydrogen-bond donors (Lipinski definition) is 1. The number of carboxylic acid groups (broad SMARTS) is 1. The smallest absolute Gasteiger partial charge is 0.352 e. The number of carboxylic acids is 1. The standard InChI is InChI=1S/C10H13NO3S/c1-4-8-5-15-7(3)11(6(2)12)9(8)10(13)14/h4,7H,1,5H2,2-3H3,(H,13,14)/t7-/m1/s1. The zero-order chi connectivity index (χ0) is 11.6. The lowest BCUT2D eigenvalue weighted by Crippen LogP contribution is -2.41. The average molecular weight is 227 g/mol. The van der Waals surface area contributed by atoms with Gasteiger partial charge in [0.15, 0.2) is 0 Å². The van der Waals surface area contributed by atoms with Crippen LogP contribution >= 0.6 is 11.8 Å². The molecule has 0 unspecified atom stereocenters. The number of carbonyl (C=O) groups excluding carboxylic acids is 1. The normalized spacial score (nSPS) is 21.5. The molecule has 1 rings (SSSR count). The van der Waals surface area contributed by atoms with Crippen LogP contribution in [0.1, 0.15) is 13.8 Å². The third-order valence-corrected chi connectivity index (χ3v) is 3.35. The van der Waals surface area contributed by atoms with Crippen LogP contribution in [0.4, 0.5) is 0 Å². The maximum absolute atomic E-state index is 11.4. The van der Waals surface area contributed by atoms with Gasteiger partial charge in [-0.05, 0) is 12.5 Å². The van der Waals surface area contributed by atoms with E-state index in [2.05, 4.69) is 6.58 Å². The zero-order valence-corrected chi connectivity index (χ0v) is 9.50. The van der Waals surface area contributed by atoms with Gasteiger partial charge in [0, 0.05) is 12.7 Å². The summed E-state index contributed by atoms with van der Waals surface area (Å²) in [6.07, 6.45) is 1.50. The minimum absolute atomic E-state index is 0.0590. The van der Waals surface area contributed by atoms with Gasteiger partial charge in [-0.25, -0.2) is 4.79 Å². The highest BCUT2D eigenvalue weighted by Crippen LogP contribution is 2.31. The van der Waals surface area contributed by atoms with Gasteiger partial charge in [-0.3, -0.25) is 9.69 Å². The van der Waals surface area contributed by atoms with Crippen LogP contribution in [-0.2, 0) is 9.59 Å². The molecule has 82 valence electrons. The molecule has 0 bridgehead atoms. The number of aliphatic carboxylic acids is 1. The lowest BCUT2D eigenvalue weighted by molar-refractivity contribution is -0.139. The first kappa shape index (κ1) is 11.8. The maximum atomic E-state index is 11.4. The Labute approximate surface area is 92.6 Å². The predicted molar refractivity (Wildman–Crippen MR) is 59.3 cm³/mol. The molecule has 1 heterocycles. The van der Waals surface area contributed by atoms with E-state index in [0.717, 1.165) is 0 Å². The highest BCUT2D eigenvalue weighted by atomic mass is 32.2. The van der Waals surface area contributed by atoms with Gasteiger partial charge in [-0.1, -0.05) is 12.7 Å². The van der Waals surface area contributed by atoms with Crippen LogP contribution in [0.5, 0.6) is 0 Å². The minimum atomic E-state index is -1.08. The van der Waals surface area contributed by atoms with Crippen molar-refractivity contribution < 1.29 is 14.7 Å². The van der Waals surface area contributed by atoms with E-state index in [1.165, 1.54) is 29.7 Å². The summed E-state index contributed by atoms with van der Waals surface area (Å²) < 4.78 is 0. The molecule has 0 spiro atoms. The van der Waals surface area contributed by atoms with Crippen molar-refractivity contribution >= 4 is 23.6 Å². The minimum Gasteiger partial charge on any atom is -0.477 e. The highest BCUT2D eigenvalue weighted by molar-refractivity contribution is 8.00. The summed E-state index contributed by atoms with van der Waals surface area (Å²) in [5, 5.41) is 8.93. The van der Waals surface area contributed by atoms with Crippen LogP contribution in [0, 0.1) is 0 Å². The van der Waals surface area contributed by atoms with Crippen molar-refractivity contribution in [1.29, 1.82) is 0 Å². The fourth-order valence-corrected chi connectivity index (χ4v) is 2.58. The van der Waals surface area contributed by atoms with Crippen molar-refractivity contribution in [2.45, 2.75) is 19.2 Å². The number of hydrogen-bond acceptors (Lipinski definition) is 3. The summed E-state index contributed by atoms with van der Waals surface area (Å²) >= 11 is 1.52. The van der Waals surface area contributed by atoms with Crippen molar-refractivity contribution in [1.82, 2.24) is 4.90 Å². The average Bonchev–Trinajstić information content (AvgIpc) is 2.16. The second-order valence-electron chi connectivity index (χ2n) is 3.18. The Kier molecular flexibility index (Phi) is 3.57. The number of carbonyl (C=O) groups is 2. The molecular weight excluding hydrogens is 214 g/mol. The summed E-state index contributed by atoms with van der Waals surface area (Å²) in [5.74, 6) is -0.755. The Hall–Kier alpha value is -1.23. The van der Waals surface area contributed by atoms with Crippen LogP contribution in [0.25, 0.3) is 0 Å². The summed E-state index contributed by atoms with van der Waals surface area (Å²) in [5.41, 5.74) is 0.657. The molecule has 0 aromatic carbocycles. The SMILES string of the molecule is C=CC1=C(C(=O)O)N(C(C)=O)[C@@H](C)SC1. The second-order valence-corrected chi connectivity index (χ2v) is 4.49. The fraction of sp³-hybridized carbons (Fsp3) is 0.400. The van der Waals surface area contributed by atoms with E-state index < -0.39 is 5.97 Å². The quantitative estimate of drug-likeness (QED) is 0.775. The number of nitrogens with zero attached hydrogens (tertiary/aromatic N) is 1. The molecule has 5 heteroatoms. The van der Waals surface area contributed by atoms with Gasteiger partial charge in [0.2, 0.25) is 5.91 Å². The second kappa shape index (κ2) is 4.53. The van der Waals surface area contributed by atoms with Crippen molar-refractivity contribution in [2.24, 2.45) is 0 Å². The molecule has 1 aliphatic heterocycles. The summed E-state index contributed by atoms with van der Waals surface area (Å²) in [6, 6.07) is 0. The molecule has 0 saturated heterocycles. The number of rotatable bonds is 2. The van der Waals surface area contributed by atoms with Gasteiger partial charge in [-0.2, -0.15) is 0 Å². The molecule has 0 radical (unpaired) electrons. The van der Waals surface area contributed by atoms with Gasteiger partial charge in [0.05, 0.1) is 5.37 Å². The highest BCUT2D eigenvalue weighted by Gasteiger charge is 2.31. The zero-order valence-electron chi connectivity index (χ0n) is 8.69. The topological polar surface area (TPSA) is 57.6 Å². The van der Waals surface area contributed by atoms with Crippen molar-refractivity contribution in [3.63, 3.8) is 0 Å². The van der Waals surface area contributed by atoms with E-state index in [-0.39, 0.29) is 17.0 Å².